The first kappa shape index (κ1) is 17.9. The normalized spacial score (nSPS) is 23.9. The van der Waals surface area contributed by atoms with Crippen LogP contribution in [-0.4, -0.2) is 33.5 Å². The molecule has 1 aromatic carbocycles. The van der Waals surface area contributed by atoms with Crippen molar-refractivity contribution in [1.82, 2.24) is 4.31 Å². The van der Waals surface area contributed by atoms with Gasteiger partial charge in [0.25, 0.3) is 0 Å². The van der Waals surface area contributed by atoms with E-state index in [4.69, 9.17) is 4.74 Å². The lowest BCUT2D eigenvalue weighted by Crippen LogP contribution is -2.53. The van der Waals surface area contributed by atoms with Crippen LogP contribution in [0.3, 0.4) is 0 Å². The van der Waals surface area contributed by atoms with E-state index >= 15 is 0 Å². The largest absolute Gasteiger partial charge is 0.358 e. The average molecular weight is 535 g/mol. The van der Waals surface area contributed by atoms with Gasteiger partial charge in [0.15, 0.2) is 5.72 Å². The van der Waals surface area contributed by atoms with Gasteiger partial charge in [-0.15, -0.1) is 0 Å². The summed E-state index contributed by atoms with van der Waals surface area (Å²) >= 11 is 4.51. The van der Waals surface area contributed by atoms with E-state index in [1.54, 1.807) is 16.4 Å². The van der Waals surface area contributed by atoms with E-state index < -0.39 is 15.7 Å². The first-order valence-electron chi connectivity index (χ1n) is 6.86. The highest BCUT2D eigenvalue weighted by Gasteiger charge is 2.52. The van der Waals surface area contributed by atoms with Gasteiger partial charge in [0.05, 0.1) is 4.90 Å². The molecular weight excluding hydrogens is 516 g/mol. The maximum atomic E-state index is 13.0. The Kier molecular flexibility index (Phi) is 5.95. The lowest BCUT2D eigenvalue weighted by Gasteiger charge is -2.38. The van der Waals surface area contributed by atoms with Crippen molar-refractivity contribution in [3.63, 3.8) is 0 Å². The fourth-order valence-electron chi connectivity index (χ4n) is 2.63. The Balaban J connectivity index is 2.44. The van der Waals surface area contributed by atoms with Gasteiger partial charge >= 0.3 is 0 Å². The molecule has 0 bridgehead atoms. The molecule has 7 heteroatoms. The first-order chi connectivity index (χ1) is 9.84. The quantitative estimate of drug-likeness (QED) is 0.427. The molecule has 1 atom stereocenters. The standard InChI is InChI=1S/C14H19I2NO3S/c1-3-20-14(13(15)16)9-4-10-17(14)21(18,19)12-7-5-11(2)6-8-12/h5-8,13H,3-4,9-10H2,1-2H3. The summed E-state index contributed by atoms with van der Waals surface area (Å²) in [6.45, 7) is 4.87. The lowest BCUT2D eigenvalue weighted by atomic mass is 10.2. The summed E-state index contributed by atoms with van der Waals surface area (Å²) in [6.07, 6.45) is 1.57. The zero-order valence-electron chi connectivity index (χ0n) is 12.1. The molecule has 1 heterocycles. The summed E-state index contributed by atoms with van der Waals surface area (Å²) < 4.78 is 33.5. The molecule has 0 N–H and O–H groups in total. The number of alkyl halides is 2. The Morgan fingerprint density at radius 2 is 1.95 bits per heavy atom. The molecule has 0 radical (unpaired) electrons. The van der Waals surface area contributed by atoms with Crippen LogP contribution in [0.1, 0.15) is 25.3 Å². The molecule has 0 saturated carbocycles. The number of hydrogen-bond acceptors (Lipinski definition) is 3. The van der Waals surface area contributed by atoms with E-state index in [1.165, 1.54) is 0 Å². The number of benzene rings is 1. The molecule has 2 rings (SSSR count). The van der Waals surface area contributed by atoms with Gasteiger partial charge in [-0.2, -0.15) is 4.31 Å². The second-order valence-corrected chi connectivity index (χ2v) is 11.8. The Labute approximate surface area is 154 Å². The van der Waals surface area contributed by atoms with Crippen molar-refractivity contribution in [2.75, 3.05) is 13.2 Å². The van der Waals surface area contributed by atoms with Crippen LogP contribution < -0.4 is 0 Å². The third kappa shape index (κ3) is 3.41. The van der Waals surface area contributed by atoms with Crippen LogP contribution in [0.2, 0.25) is 0 Å². The zero-order valence-corrected chi connectivity index (χ0v) is 17.2. The second-order valence-electron chi connectivity index (χ2n) is 5.07. The van der Waals surface area contributed by atoms with E-state index in [-0.39, 0.29) is 1.93 Å². The SMILES string of the molecule is CCOC1(C(I)I)CCCN1S(=O)(=O)c1ccc(C)cc1. The highest BCUT2D eigenvalue weighted by molar-refractivity contribution is 14.2. The molecule has 1 aromatic rings. The number of nitrogens with zero attached hydrogens (tertiary/aromatic N) is 1. The fourth-order valence-corrected chi connectivity index (χ4v) is 6.42. The zero-order chi connectivity index (χ0) is 15.7. The van der Waals surface area contributed by atoms with E-state index in [1.807, 2.05) is 26.0 Å². The van der Waals surface area contributed by atoms with Crippen LogP contribution >= 0.6 is 45.2 Å². The van der Waals surface area contributed by atoms with Gasteiger partial charge in [0, 0.05) is 13.2 Å². The molecular formula is C14H19I2NO3S. The van der Waals surface area contributed by atoms with Gasteiger partial charge in [0.2, 0.25) is 10.0 Å². The smallest absolute Gasteiger partial charge is 0.245 e. The highest BCUT2D eigenvalue weighted by Crippen LogP contribution is 2.43. The number of halogens is 2. The number of sulfonamides is 1. The highest BCUT2D eigenvalue weighted by atomic mass is 127. The molecule has 1 unspecified atom stereocenters. The van der Waals surface area contributed by atoms with E-state index in [2.05, 4.69) is 45.2 Å². The monoisotopic (exact) mass is 535 g/mol. The lowest BCUT2D eigenvalue weighted by molar-refractivity contribution is -0.0787. The topological polar surface area (TPSA) is 46.6 Å². The van der Waals surface area contributed by atoms with E-state index in [0.29, 0.717) is 18.0 Å². The van der Waals surface area contributed by atoms with Gasteiger partial charge in [-0.05, 0) is 38.8 Å². The average Bonchev–Trinajstić information content (AvgIpc) is 2.85. The van der Waals surface area contributed by atoms with Crippen molar-refractivity contribution in [3.8, 4) is 0 Å². The molecule has 21 heavy (non-hydrogen) atoms. The molecule has 1 fully saturated rings. The first-order valence-corrected chi connectivity index (χ1v) is 10.8. The summed E-state index contributed by atoms with van der Waals surface area (Å²) in [5.41, 5.74) is 0.312. The Morgan fingerprint density at radius 1 is 1.33 bits per heavy atom. The number of aryl methyl sites for hydroxylation is 1. The second kappa shape index (κ2) is 6.98. The molecule has 0 aromatic heterocycles. The Morgan fingerprint density at radius 3 is 2.48 bits per heavy atom. The molecule has 4 nitrogen and oxygen atoms in total. The minimum atomic E-state index is -3.53. The summed E-state index contributed by atoms with van der Waals surface area (Å²) in [4.78, 5) is 0.340. The van der Waals surface area contributed by atoms with E-state index in [9.17, 15) is 8.42 Å². The van der Waals surface area contributed by atoms with Crippen LogP contribution in [0.4, 0.5) is 0 Å². The van der Waals surface area contributed by atoms with Crippen molar-refractivity contribution < 1.29 is 13.2 Å². The molecule has 0 spiro atoms. The predicted octanol–water partition coefficient (Wildman–Crippen LogP) is 3.71. The fraction of sp³-hybridized carbons (Fsp3) is 0.571. The third-order valence-corrected chi connectivity index (χ3v) is 7.55. The van der Waals surface area contributed by atoms with Gasteiger partial charge in [0.1, 0.15) is 1.93 Å². The number of ether oxygens (including phenoxy) is 1. The number of rotatable bonds is 5. The number of hydrogen-bond donors (Lipinski definition) is 0. The summed E-state index contributed by atoms with van der Waals surface area (Å²) in [5, 5.41) is 0. The minimum absolute atomic E-state index is 0.0513. The molecule has 0 amide bonds. The summed E-state index contributed by atoms with van der Waals surface area (Å²) in [7, 11) is -3.53. The van der Waals surface area contributed by atoms with Crippen LogP contribution in [0.25, 0.3) is 0 Å². The van der Waals surface area contributed by atoms with Crippen molar-refractivity contribution >= 4 is 55.2 Å². The van der Waals surface area contributed by atoms with Crippen molar-refractivity contribution in [2.45, 2.75) is 39.2 Å². The van der Waals surface area contributed by atoms with Gasteiger partial charge < -0.3 is 4.74 Å². The molecule has 1 aliphatic rings. The van der Waals surface area contributed by atoms with Crippen LogP contribution in [0.15, 0.2) is 29.2 Å². The maximum absolute atomic E-state index is 13.0. The van der Waals surface area contributed by atoms with Crippen molar-refractivity contribution in [3.05, 3.63) is 29.8 Å². The van der Waals surface area contributed by atoms with Crippen LogP contribution in [0.5, 0.6) is 0 Å². The maximum Gasteiger partial charge on any atom is 0.245 e. The van der Waals surface area contributed by atoms with Gasteiger partial charge in [-0.1, -0.05) is 62.9 Å². The predicted molar refractivity (Wildman–Crippen MR) is 100 cm³/mol. The van der Waals surface area contributed by atoms with Crippen molar-refractivity contribution in [1.29, 1.82) is 0 Å². The Hall–Kier alpha value is 0.550. The van der Waals surface area contributed by atoms with E-state index in [0.717, 1.165) is 18.4 Å². The third-order valence-electron chi connectivity index (χ3n) is 3.66. The van der Waals surface area contributed by atoms with Crippen molar-refractivity contribution in [2.24, 2.45) is 0 Å². The van der Waals surface area contributed by atoms with Gasteiger partial charge in [-0.3, -0.25) is 0 Å². The van der Waals surface area contributed by atoms with Crippen LogP contribution in [0, 0.1) is 6.92 Å². The molecule has 0 aliphatic carbocycles. The Bertz CT molecular complexity index is 589. The summed E-state index contributed by atoms with van der Waals surface area (Å²) in [6, 6.07) is 7.01. The molecule has 1 aliphatic heterocycles. The summed E-state index contributed by atoms with van der Waals surface area (Å²) in [5.74, 6) is 0. The molecule has 1 saturated heterocycles. The molecule has 118 valence electrons. The van der Waals surface area contributed by atoms with Crippen LogP contribution in [-0.2, 0) is 14.8 Å². The minimum Gasteiger partial charge on any atom is -0.358 e. The van der Waals surface area contributed by atoms with Gasteiger partial charge in [-0.25, -0.2) is 8.42 Å².